The molecular formula is C67H44N4. The van der Waals surface area contributed by atoms with Gasteiger partial charge in [0.1, 0.15) is 0 Å². The van der Waals surface area contributed by atoms with Crippen LogP contribution in [0, 0.1) is 0 Å². The Bertz CT molecular complexity index is 4130. The lowest BCUT2D eigenvalue weighted by Crippen LogP contribution is -2.28. The molecule has 12 aromatic rings. The minimum Gasteiger partial charge on any atom is -0.308 e. The average molecular weight is 905 g/mol. The molecule has 0 bridgehead atoms. The Labute approximate surface area is 412 Å². The molecule has 0 amide bonds. The summed E-state index contributed by atoms with van der Waals surface area (Å²) in [5.74, 6) is 1.91. The molecule has 3 aliphatic rings. The molecule has 1 aliphatic heterocycles. The molecular weight excluding hydrogens is 861 g/mol. The topological polar surface area (TPSA) is 43.6 Å². The summed E-state index contributed by atoms with van der Waals surface area (Å²) in [6, 6.07) is 84.0. The Kier molecular flexibility index (Phi) is 8.30. The average Bonchev–Trinajstić information content (AvgIpc) is 4.00. The zero-order valence-corrected chi connectivity index (χ0v) is 39.2. The molecule has 4 heteroatoms. The van der Waals surface area contributed by atoms with Crippen LogP contribution in [0.1, 0.15) is 47.2 Å². The van der Waals surface area contributed by atoms with Gasteiger partial charge in [-0.3, -0.25) is 0 Å². The highest BCUT2D eigenvalue weighted by atomic mass is 15.0. The van der Waals surface area contributed by atoms with Crippen LogP contribution in [0.15, 0.2) is 231 Å². The van der Waals surface area contributed by atoms with E-state index in [1.54, 1.807) is 0 Å². The summed E-state index contributed by atoms with van der Waals surface area (Å²) >= 11 is 0. The van der Waals surface area contributed by atoms with Crippen molar-refractivity contribution in [2.45, 2.75) is 24.7 Å². The summed E-state index contributed by atoms with van der Waals surface area (Å²) in [5, 5.41) is 2.55. The fourth-order valence-corrected chi connectivity index (χ4v) is 12.7. The summed E-state index contributed by atoms with van der Waals surface area (Å²) in [4.78, 5) is 16.6. The number of benzene rings is 10. The third kappa shape index (κ3) is 5.47. The minimum absolute atomic E-state index is 0.300. The molecule has 0 N–H and O–H groups in total. The predicted molar refractivity (Wildman–Crippen MR) is 290 cm³/mol. The lowest BCUT2D eigenvalue weighted by molar-refractivity contribution is 0.661. The van der Waals surface area contributed by atoms with Gasteiger partial charge in [0.15, 0.2) is 17.5 Å². The Morgan fingerprint density at radius 2 is 0.915 bits per heavy atom. The normalized spacial score (nSPS) is 14.0. The highest BCUT2D eigenvalue weighted by molar-refractivity contribution is 6.19. The van der Waals surface area contributed by atoms with Gasteiger partial charge < -0.3 is 4.57 Å². The maximum absolute atomic E-state index is 5.64. The predicted octanol–water partition coefficient (Wildman–Crippen LogP) is 16.3. The SMILES string of the molecule is CC1(C)c2cc(-c3nc(-c4ccc(-c5ccccc5)cc4)nc(-c4cccc5c4-c4ccccc4C5(c4ccccc4)c4ccccc4)n3)cc3c2-c2c1ccc1c4ccccc4n(c21)-c1ccccc1-3. The maximum Gasteiger partial charge on any atom is 0.164 e. The van der Waals surface area contributed by atoms with Crippen LogP contribution in [0.25, 0.3) is 106 Å². The zero-order valence-electron chi connectivity index (χ0n) is 39.2. The summed E-state index contributed by atoms with van der Waals surface area (Å²) in [5.41, 5.74) is 22.8. The molecule has 0 saturated heterocycles. The lowest BCUT2D eigenvalue weighted by atomic mass is 9.67. The Morgan fingerprint density at radius 1 is 0.338 bits per heavy atom. The second-order valence-corrected chi connectivity index (χ2v) is 19.8. The van der Waals surface area contributed by atoms with E-state index < -0.39 is 5.41 Å². The van der Waals surface area contributed by atoms with Gasteiger partial charge in [-0.2, -0.15) is 0 Å². The molecule has 2 aromatic heterocycles. The molecule has 3 heterocycles. The molecule has 15 rings (SSSR count). The van der Waals surface area contributed by atoms with Gasteiger partial charge in [-0.25, -0.2) is 15.0 Å². The summed E-state index contributed by atoms with van der Waals surface area (Å²) in [7, 11) is 0. The van der Waals surface area contributed by atoms with Crippen LogP contribution < -0.4 is 0 Å². The number of para-hydroxylation sites is 2. The number of aromatic nitrogens is 4. The van der Waals surface area contributed by atoms with E-state index in [0.29, 0.717) is 17.5 Å². The molecule has 0 atom stereocenters. The number of fused-ring (bicyclic) bond motifs is 9. The second kappa shape index (κ2) is 14.8. The van der Waals surface area contributed by atoms with Crippen molar-refractivity contribution in [1.29, 1.82) is 0 Å². The van der Waals surface area contributed by atoms with Crippen LogP contribution in [0.3, 0.4) is 0 Å². The van der Waals surface area contributed by atoms with Crippen molar-refractivity contribution in [3.8, 4) is 84.4 Å². The van der Waals surface area contributed by atoms with E-state index in [1.807, 2.05) is 0 Å². The van der Waals surface area contributed by atoms with Crippen LogP contribution in [-0.2, 0) is 10.8 Å². The summed E-state index contributed by atoms with van der Waals surface area (Å²) in [6.45, 7) is 4.76. The fraction of sp³-hybridized carbons (Fsp3) is 0.0597. The van der Waals surface area contributed by atoms with Crippen LogP contribution in [0.5, 0.6) is 0 Å². The van der Waals surface area contributed by atoms with Crippen molar-refractivity contribution >= 4 is 21.8 Å². The standard InChI is InChI=1S/C67H44N4/c1-66(2)54-38-37-49-47-25-13-16-31-57(47)71-58-32-17-14-26-48(58)52-39-44(40-56(66)60(52)61(54)62(49)71)64-68-63(43-35-33-42(34-36-43)41-19-6-3-7-20-41)69-65(70-64)51-28-18-30-55-59(51)50-27-12-15-29-53(50)67(55,45-21-8-4-9-22-45)46-23-10-5-11-24-46/h3-40H,1-2H3. The number of nitrogens with zero attached hydrogens (tertiary/aromatic N) is 4. The highest BCUT2D eigenvalue weighted by Gasteiger charge is 2.47. The first-order chi connectivity index (χ1) is 35.0. The fourth-order valence-electron chi connectivity index (χ4n) is 12.7. The molecule has 0 radical (unpaired) electrons. The summed E-state index contributed by atoms with van der Waals surface area (Å²) < 4.78 is 2.51. The van der Waals surface area contributed by atoms with E-state index in [2.05, 4.69) is 249 Å². The Balaban J connectivity index is 1.00. The van der Waals surface area contributed by atoms with E-state index in [4.69, 9.17) is 15.0 Å². The first kappa shape index (κ1) is 40.0. The lowest BCUT2D eigenvalue weighted by Gasteiger charge is -2.33. The first-order valence-corrected chi connectivity index (χ1v) is 24.6. The van der Waals surface area contributed by atoms with E-state index in [9.17, 15) is 0 Å². The number of hydrogen-bond donors (Lipinski definition) is 0. The molecule has 0 unspecified atom stereocenters. The third-order valence-corrected chi connectivity index (χ3v) is 15.9. The van der Waals surface area contributed by atoms with Gasteiger partial charge in [0.2, 0.25) is 0 Å². The number of hydrogen-bond acceptors (Lipinski definition) is 3. The van der Waals surface area contributed by atoms with Gasteiger partial charge in [0.05, 0.1) is 22.1 Å². The maximum atomic E-state index is 5.64. The first-order valence-electron chi connectivity index (χ1n) is 24.6. The van der Waals surface area contributed by atoms with Crippen LogP contribution in [-0.4, -0.2) is 19.5 Å². The van der Waals surface area contributed by atoms with E-state index >= 15 is 0 Å². The van der Waals surface area contributed by atoms with Crippen molar-refractivity contribution in [2.24, 2.45) is 0 Å². The van der Waals surface area contributed by atoms with Gasteiger partial charge in [0, 0.05) is 44.0 Å². The molecule has 71 heavy (non-hydrogen) atoms. The molecule has 2 aliphatic carbocycles. The largest absolute Gasteiger partial charge is 0.308 e. The zero-order chi connectivity index (χ0) is 47.0. The van der Waals surface area contributed by atoms with Crippen LogP contribution in [0.2, 0.25) is 0 Å². The van der Waals surface area contributed by atoms with Crippen LogP contribution >= 0.6 is 0 Å². The molecule has 0 spiro atoms. The van der Waals surface area contributed by atoms with Gasteiger partial charge in [-0.15, -0.1) is 0 Å². The van der Waals surface area contributed by atoms with Crippen molar-refractivity contribution in [2.75, 3.05) is 0 Å². The number of rotatable bonds is 6. The molecule has 10 aromatic carbocycles. The van der Waals surface area contributed by atoms with Crippen molar-refractivity contribution < 1.29 is 0 Å². The van der Waals surface area contributed by atoms with Gasteiger partial charge in [0.25, 0.3) is 0 Å². The Morgan fingerprint density at radius 3 is 1.68 bits per heavy atom. The Hall–Kier alpha value is -8.99. The molecule has 0 saturated carbocycles. The molecule has 4 nitrogen and oxygen atoms in total. The molecule has 332 valence electrons. The summed E-state index contributed by atoms with van der Waals surface area (Å²) in [6.07, 6.45) is 0. The van der Waals surface area contributed by atoms with Gasteiger partial charge >= 0.3 is 0 Å². The van der Waals surface area contributed by atoms with Crippen molar-refractivity contribution in [3.05, 3.63) is 264 Å². The quantitative estimate of drug-likeness (QED) is 0.167. The smallest absolute Gasteiger partial charge is 0.164 e. The minimum atomic E-state index is -0.568. The van der Waals surface area contributed by atoms with Crippen LogP contribution in [0.4, 0.5) is 0 Å². The van der Waals surface area contributed by atoms with E-state index in [0.717, 1.165) is 27.8 Å². The van der Waals surface area contributed by atoms with E-state index in [-0.39, 0.29) is 5.41 Å². The third-order valence-electron chi connectivity index (χ3n) is 15.9. The van der Waals surface area contributed by atoms with Gasteiger partial charge in [-0.1, -0.05) is 220 Å². The van der Waals surface area contributed by atoms with E-state index in [1.165, 1.54) is 94.3 Å². The van der Waals surface area contributed by atoms with Crippen molar-refractivity contribution in [1.82, 2.24) is 19.5 Å². The monoisotopic (exact) mass is 904 g/mol. The van der Waals surface area contributed by atoms with Gasteiger partial charge in [-0.05, 0) is 91.0 Å². The second-order valence-electron chi connectivity index (χ2n) is 19.8. The van der Waals surface area contributed by atoms with Crippen molar-refractivity contribution in [3.63, 3.8) is 0 Å². The highest BCUT2D eigenvalue weighted by Crippen LogP contribution is 2.60. The molecule has 0 fully saturated rings.